The third-order valence-electron chi connectivity index (χ3n) is 5.16. The number of hydrogen-bond donors (Lipinski definition) is 3. The lowest BCUT2D eigenvalue weighted by atomic mass is 9.74. The number of hydrogen-bond acceptors (Lipinski definition) is 6. The molecule has 4 rings (SSSR count). The number of allylic oxidation sites excluding steroid dienone is 1. The summed E-state index contributed by atoms with van der Waals surface area (Å²) in [6, 6.07) is 18.1. The lowest BCUT2D eigenvalue weighted by Crippen LogP contribution is -2.40. The third kappa shape index (κ3) is 3.16. The molecule has 4 N–H and O–H groups in total. The molecule has 1 fully saturated rings. The van der Waals surface area contributed by atoms with Crippen LogP contribution in [0.25, 0.3) is 0 Å². The molecule has 2 aromatic rings. The number of nitrogens with two attached hydrogens (primary N) is 1. The molecule has 0 aliphatic carbocycles. The molecule has 0 bridgehead atoms. The molecule has 0 aromatic heterocycles. The van der Waals surface area contributed by atoms with Crippen molar-refractivity contribution in [2.45, 2.75) is 18.2 Å². The summed E-state index contributed by atoms with van der Waals surface area (Å²) in [6.07, 6.45) is -0.331. The van der Waals surface area contributed by atoms with Crippen molar-refractivity contribution in [1.82, 2.24) is 10.9 Å². The van der Waals surface area contributed by atoms with Gasteiger partial charge in [0.1, 0.15) is 11.8 Å². The maximum absolute atomic E-state index is 9.76. The van der Waals surface area contributed by atoms with E-state index in [1.54, 1.807) is 7.11 Å². The monoisotopic (exact) mass is 426 g/mol. The average Bonchev–Trinajstić information content (AvgIpc) is 3.11. The predicted molar refractivity (Wildman–Crippen MR) is 104 cm³/mol. The Balaban J connectivity index is 1.78. The van der Waals surface area contributed by atoms with Crippen molar-refractivity contribution in [3.05, 3.63) is 75.6 Å². The predicted octanol–water partition coefficient (Wildman–Crippen LogP) is 3.06. The largest absolute Gasteiger partial charge is 0.497 e. The van der Waals surface area contributed by atoms with Crippen LogP contribution in [-0.2, 0) is 4.74 Å². The Hall–Kier alpha value is -2.53. The van der Waals surface area contributed by atoms with Crippen LogP contribution in [0.4, 0.5) is 0 Å². The van der Waals surface area contributed by atoms with Crippen LogP contribution in [0, 0.1) is 17.2 Å². The van der Waals surface area contributed by atoms with E-state index in [4.69, 9.17) is 15.2 Å². The van der Waals surface area contributed by atoms with Crippen LogP contribution in [0.15, 0.2) is 64.5 Å². The molecule has 0 radical (unpaired) electrons. The van der Waals surface area contributed by atoms with Gasteiger partial charge >= 0.3 is 0 Å². The Morgan fingerprint density at radius 2 is 1.74 bits per heavy atom. The summed E-state index contributed by atoms with van der Waals surface area (Å²) in [5.41, 5.74) is 15.1. The number of ether oxygens (including phenoxy) is 2. The van der Waals surface area contributed by atoms with Gasteiger partial charge in [-0.2, -0.15) is 5.26 Å². The molecular weight excluding hydrogens is 408 g/mol. The molecule has 4 unspecified atom stereocenters. The van der Waals surface area contributed by atoms with Crippen LogP contribution >= 0.6 is 15.9 Å². The van der Waals surface area contributed by atoms with Crippen molar-refractivity contribution in [1.29, 1.82) is 5.26 Å². The van der Waals surface area contributed by atoms with E-state index in [0.29, 0.717) is 5.57 Å². The quantitative estimate of drug-likeness (QED) is 0.698. The van der Waals surface area contributed by atoms with Gasteiger partial charge in [0.15, 0.2) is 6.23 Å². The van der Waals surface area contributed by atoms with Crippen molar-refractivity contribution in [2.75, 3.05) is 7.11 Å². The van der Waals surface area contributed by atoms with Gasteiger partial charge in [-0.15, -0.1) is 0 Å². The van der Waals surface area contributed by atoms with Crippen LogP contribution in [0.5, 0.6) is 5.75 Å². The molecule has 4 atom stereocenters. The lowest BCUT2D eigenvalue weighted by Gasteiger charge is -2.36. The first kappa shape index (κ1) is 17.9. The van der Waals surface area contributed by atoms with Gasteiger partial charge in [0.2, 0.25) is 5.88 Å². The molecule has 2 heterocycles. The summed E-state index contributed by atoms with van der Waals surface area (Å²) in [5, 5.41) is 9.76. The number of fused-ring (bicyclic) bond motifs is 1. The number of nitriles is 1. The fourth-order valence-electron chi connectivity index (χ4n) is 3.86. The van der Waals surface area contributed by atoms with E-state index in [0.717, 1.165) is 21.3 Å². The summed E-state index contributed by atoms with van der Waals surface area (Å²) in [4.78, 5) is 0. The van der Waals surface area contributed by atoms with Crippen LogP contribution < -0.4 is 21.3 Å². The molecule has 7 heteroatoms. The Kier molecular flexibility index (Phi) is 4.79. The molecular formula is C20H19BrN4O2. The molecule has 1 saturated heterocycles. The highest BCUT2D eigenvalue weighted by atomic mass is 79.9. The Labute approximate surface area is 166 Å². The Morgan fingerprint density at radius 1 is 1.07 bits per heavy atom. The van der Waals surface area contributed by atoms with Crippen molar-refractivity contribution in [3.8, 4) is 11.8 Å². The van der Waals surface area contributed by atoms with Gasteiger partial charge in [-0.3, -0.25) is 0 Å². The van der Waals surface area contributed by atoms with E-state index < -0.39 is 0 Å². The molecule has 0 amide bonds. The SMILES string of the molecule is COc1ccc(C2NNC3OC(N)=C(C#N)C(c4ccc(Br)cc4)C32)cc1. The zero-order chi connectivity index (χ0) is 19.0. The maximum atomic E-state index is 9.76. The van der Waals surface area contributed by atoms with E-state index in [1.165, 1.54) is 0 Å². The maximum Gasteiger partial charge on any atom is 0.200 e. The van der Waals surface area contributed by atoms with Gasteiger partial charge in [-0.1, -0.05) is 40.2 Å². The number of hydrazine groups is 1. The number of nitrogens with one attached hydrogen (secondary N) is 2. The van der Waals surface area contributed by atoms with Gasteiger partial charge in [-0.05, 0) is 35.4 Å². The molecule has 138 valence electrons. The van der Waals surface area contributed by atoms with Gasteiger partial charge < -0.3 is 15.2 Å². The zero-order valence-electron chi connectivity index (χ0n) is 14.6. The minimum absolute atomic E-state index is 0.0403. The smallest absolute Gasteiger partial charge is 0.200 e. The van der Waals surface area contributed by atoms with E-state index in [-0.39, 0.29) is 30.0 Å². The zero-order valence-corrected chi connectivity index (χ0v) is 16.2. The summed E-state index contributed by atoms with van der Waals surface area (Å²) in [6.45, 7) is 0. The van der Waals surface area contributed by atoms with Crippen LogP contribution in [-0.4, -0.2) is 13.3 Å². The highest BCUT2D eigenvalue weighted by molar-refractivity contribution is 9.10. The van der Waals surface area contributed by atoms with E-state index >= 15 is 0 Å². The van der Waals surface area contributed by atoms with Crippen molar-refractivity contribution >= 4 is 15.9 Å². The minimum atomic E-state index is -0.331. The number of halogens is 1. The highest BCUT2D eigenvalue weighted by Gasteiger charge is 2.49. The molecule has 2 aliphatic heterocycles. The highest BCUT2D eigenvalue weighted by Crippen LogP contribution is 2.47. The average molecular weight is 427 g/mol. The first-order valence-electron chi connectivity index (χ1n) is 8.59. The standard InChI is InChI=1S/C20H19BrN4O2/c1-26-14-8-4-12(5-9-14)18-17-16(11-2-6-13(21)7-3-11)15(10-22)19(23)27-20(17)25-24-18/h2-9,16-18,20,24-25H,23H2,1H3. The number of nitrogens with zero attached hydrogens (tertiary/aromatic N) is 1. The number of methoxy groups -OCH3 is 1. The van der Waals surface area contributed by atoms with Crippen LogP contribution in [0.3, 0.4) is 0 Å². The molecule has 2 aromatic carbocycles. The van der Waals surface area contributed by atoms with Gasteiger partial charge in [0.25, 0.3) is 0 Å². The second kappa shape index (κ2) is 7.24. The first-order chi connectivity index (χ1) is 13.1. The van der Waals surface area contributed by atoms with E-state index in [2.05, 4.69) is 32.9 Å². The summed E-state index contributed by atoms with van der Waals surface area (Å²) >= 11 is 3.47. The molecule has 6 nitrogen and oxygen atoms in total. The van der Waals surface area contributed by atoms with E-state index in [9.17, 15) is 5.26 Å². The molecule has 27 heavy (non-hydrogen) atoms. The second-order valence-corrected chi connectivity index (χ2v) is 7.49. The molecule has 0 saturated carbocycles. The summed E-state index contributed by atoms with van der Waals surface area (Å²) < 4.78 is 12.1. The normalized spacial score (nSPS) is 26.9. The van der Waals surface area contributed by atoms with Crippen molar-refractivity contribution < 1.29 is 9.47 Å². The topological polar surface area (TPSA) is 92.3 Å². The van der Waals surface area contributed by atoms with Gasteiger partial charge in [0, 0.05) is 16.3 Å². The lowest BCUT2D eigenvalue weighted by molar-refractivity contribution is 0.0340. The van der Waals surface area contributed by atoms with Crippen LogP contribution in [0.1, 0.15) is 23.1 Å². The Bertz CT molecular complexity index is 905. The molecule has 0 spiro atoms. The summed E-state index contributed by atoms with van der Waals surface area (Å²) in [5.74, 6) is 0.752. The van der Waals surface area contributed by atoms with Crippen molar-refractivity contribution in [3.63, 3.8) is 0 Å². The number of benzene rings is 2. The second-order valence-electron chi connectivity index (χ2n) is 6.57. The first-order valence-corrected chi connectivity index (χ1v) is 9.38. The van der Waals surface area contributed by atoms with Gasteiger partial charge in [0.05, 0.1) is 18.7 Å². The Morgan fingerprint density at radius 3 is 2.37 bits per heavy atom. The third-order valence-corrected chi connectivity index (χ3v) is 5.68. The fraction of sp³-hybridized carbons (Fsp3) is 0.250. The van der Waals surface area contributed by atoms with E-state index in [1.807, 2.05) is 48.5 Å². The van der Waals surface area contributed by atoms with Crippen LogP contribution in [0.2, 0.25) is 0 Å². The summed E-state index contributed by atoms with van der Waals surface area (Å²) in [7, 11) is 1.64. The number of rotatable bonds is 3. The van der Waals surface area contributed by atoms with Gasteiger partial charge in [-0.25, -0.2) is 10.9 Å². The minimum Gasteiger partial charge on any atom is -0.497 e. The van der Waals surface area contributed by atoms with Crippen molar-refractivity contribution in [2.24, 2.45) is 11.7 Å². The fourth-order valence-corrected chi connectivity index (χ4v) is 4.13. The molecule has 2 aliphatic rings.